The Balaban J connectivity index is 2.17. The molecule has 0 spiro atoms. The van der Waals surface area contributed by atoms with Crippen molar-refractivity contribution in [3.05, 3.63) is 23.8 Å². The van der Waals surface area contributed by atoms with E-state index in [1.807, 2.05) is 17.8 Å². The van der Waals surface area contributed by atoms with Gasteiger partial charge in [0.05, 0.1) is 7.11 Å². The van der Waals surface area contributed by atoms with Crippen LogP contribution in [0.4, 0.5) is 0 Å². The number of methoxy groups -OCH3 is 1. The molecule has 2 atom stereocenters. The molecule has 1 heterocycles. The Bertz CT molecular complexity index is 419. The van der Waals surface area contributed by atoms with Crippen molar-refractivity contribution >= 4 is 11.8 Å². The topological polar surface area (TPSA) is 44.5 Å². The lowest BCUT2D eigenvalue weighted by Gasteiger charge is -2.25. The number of rotatable bonds is 6. The highest BCUT2D eigenvalue weighted by Crippen LogP contribution is 2.38. The summed E-state index contributed by atoms with van der Waals surface area (Å²) < 4.78 is 11.8. The van der Waals surface area contributed by atoms with Crippen molar-refractivity contribution in [2.75, 3.05) is 25.2 Å². The molecule has 2 unspecified atom stereocenters. The summed E-state index contributed by atoms with van der Waals surface area (Å²) in [5, 5.41) is 0. The summed E-state index contributed by atoms with van der Waals surface area (Å²) in [7, 11) is 1.72. The van der Waals surface area contributed by atoms with Gasteiger partial charge in [-0.3, -0.25) is 0 Å². The van der Waals surface area contributed by atoms with Gasteiger partial charge in [-0.2, -0.15) is 11.8 Å². The second kappa shape index (κ2) is 7.79. The van der Waals surface area contributed by atoms with Gasteiger partial charge in [0.15, 0.2) is 11.5 Å². The molecule has 0 aliphatic carbocycles. The van der Waals surface area contributed by atoms with Gasteiger partial charge in [-0.05, 0) is 43.5 Å². The zero-order chi connectivity index (χ0) is 14.4. The first-order chi connectivity index (χ1) is 9.76. The summed E-state index contributed by atoms with van der Waals surface area (Å²) in [6.45, 7) is 2.87. The van der Waals surface area contributed by atoms with E-state index < -0.39 is 0 Å². The smallest absolute Gasteiger partial charge is 0.164 e. The minimum absolute atomic E-state index is 0.308. The van der Waals surface area contributed by atoms with E-state index in [0.717, 1.165) is 30.1 Å². The van der Waals surface area contributed by atoms with Crippen LogP contribution in [0.5, 0.6) is 11.5 Å². The maximum absolute atomic E-state index is 6.17. The van der Waals surface area contributed by atoms with Gasteiger partial charge >= 0.3 is 0 Å². The summed E-state index contributed by atoms with van der Waals surface area (Å²) in [6, 6.07) is 6.18. The van der Waals surface area contributed by atoms with Gasteiger partial charge in [0, 0.05) is 11.3 Å². The molecule has 2 N–H and O–H groups in total. The van der Waals surface area contributed by atoms with Crippen LogP contribution in [-0.4, -0.2) is 31.3 Å². The molecule has 0 aromatic heterocycles. The van der Waals surface area contributed by atoms with E-state index in [2.05, 4.69) is 19.1 Å². The molecular formula is C16H25NO2S. The van der Waals surface area contributed by atoms with Crippen LogP contribution in [0, 0.1) is 0 Å². The number of thioether (sulfide) groups is 1. The van der Waals surface area contributed by atoms with E-state index in [4.69, 9.17) is 15.2 Å². The van der Waals surface area contributed by atoms with Gasteiger partial charge in [-0.25, -0.2) is 0 Å². The standard InChI is InChI=1S/C16H25NO2S/c1-12(8-9-17)14-6-3-7-15(16(14)18-2)19-13-5-4-10-20-11-13/h3,6-7,12-13H,4-5,8-11,17H2,1-2H3. The van der Waals surface area contributed by atoms with Crippen molar-refractivity contribution in [1.29, 1.82) is 0 Å². The van der Waals surface area contributed by atoms with Gasteiger partial charge in [0.1, 0.15) is 6.10 Å². The molecular weight excluding hydrogens is 270 g/mol. The van der Waals surface area contributed by atoms with Crippen molar-refractivity contribution in [2.24, 2.45) is 5.73 Å². The SMILES string of the molecule is COc1c(OC2CCCSC2)cccc1C(C)CCN. The summed E-state index contributed by atoms with van der Waals surface area (Å²) in [4.78, 5) is 0. The quantitative estimate of drug-likeness (QED) is 0.873. The molecule has 1 aromatic rings. The molecule has 112 valence electrons. The Morgan fingerprint density at radius 2 is 2.30 bits per heavy atom. The zero-order valence-corrected chi connectivity index (χ0v) is 13.2. The first-order valence-corrected chi connectivity index (χ1v) is 8.53. The van der Waals surface area contributed by atoms with E-state index in [1.54, 1.807) is 7.11 Å². The van der Waals surface area contributed by atoms with Gasteiger partial charge in [0.25, 0.3) is 0 Å². The van der Waals surface area contributed by atoms with Gasteiger partial charge in [0.2, 0.25) is 0 Å². The first-order valence-electron chi connectivity index (χ1n) is 7.37. The second-order valence-corrected chi connectivity index (χ2v) is 6.46. The fraction of sp³-hybridized carbons (Fsp3) is 0.625. The first kappa shape index (κ1) is 15.5. The summed E-state index contributed by atoms with van der Waals surface area (Å²) >= 11 is 1.97. The number of hydrogen-bond acceptors (Lipinski definition) is 4. The maximum atomic E-state index is 6.17. The Labute approximate surface area is 126 Å². The van der Waals surface area contributed by atoms with E-state index in [1.165, 1.54) is 17.7 Å². The molecule has 0 bridgehead atoms. The fourth-order valence-corrected chi connectivity index (χ4v) is 3.66. The number of para-hydroxylation sites is 1. The zero-order valence-electron chi connectivity index (χ0n) is 12.4. The predicted molar refractivity (Wildman–Crippen MR) is 86.1 cm³/mol. The number of hydrogen-bond donors (Lipinski definition) is 1. The van der Waals surface area contributed by atoms with Crippen LogP contribution in [0.25, 0.3) is 0 Å². The Morgan fingerprint density at radius 3 is 2.95 bits per heavy atom. The van der Waals surface area contributed by atoms with Crippen molar-refractivity contribution in [3.63, 3.8) is 0 Å². The Hall–Kier alpha value is -0.870. The Kier molecular flexibility index (Phi) is 6.05. The Morgan fingerprint density at radius 1 is 1.45 bits per heavy atom. The van der Waals surface area contributed by atoms with Gasteiger partial charge < -0.3 is 15.2 Å². The minimum atomic E-state index is 0.308. The molecule has 2 rings (SSSR count). The van der Waals surface area contributed by atoms with E-state index >= 15 is 0 Å². The summed E-state index contributed by atoms with van der Waals surface area (Å²) in [5.41, 5.74) is 6.86. The van der Waals surface area contributed by atoms with E-state index in [-0.39, 0.29) is 0 Å². The predicted octanol–water partition coefficient (Wildman–Crippen LogP) is 3.42. The minimum Gasteiger partial charge on any atom is -0.493 e. The molecule has 0 amide bonds. The molecule has 4 heteroatoms. The molecule has 1 aliphatic rings. The molecule has 1 aromatic carbocycles. The molecule has 0 radical (unpaired) electrons. The molecule has 20 heavy (non-hydrogen) atoms. The van der Waals surface area contributed by atoms with Crippen LogP contribution in [0.1, 0.15) is 37.7 Å². The van der Waals surface area contributed by atoms with Crippen molar-refractivity contribution in [1.82, 2.24) is 0 Å². The van der Waals surface area contributed by atoms with Crippen LogP contribution < -0.4 is 15.2 Å². The summed E-state index contributed by atoms with van der Waals surface area (Å²) in [6.07, 6.45) is 3.64. The van der Waals surface area contributed by atoms with Crippen LogP contribution in [0.3, 0.4) is 0 Å². The maximum Gasteiger partial charge on any atom is 0.164 e. The lowest BCUT2D eigenvalue weighted by Crippen LogP contribution is -2.23. The highest BCUT2D eigenvalue weighted by Gasteiger charge is 2.20. The number of ether oxygens (including phenoxy) is 2. The summed E-state index contributed by atoms with van der Waals surface area (Å²) in [5.74, 6) is 4.47. The van der Waals surface area contributed by atoms with Crippen molar-refractivity contribution in [2.45, 2.75) is 38.2 Å². The molecule has 1 fully saturated rings. The largest absolute Gasteiger partial charge is 0.493 e. The lowest BCUT2D eigenvalue weighted by molar-refractivity contribution is 0.201. The molecule has 1 saturated heterocycles. The molecule has 0 saturated carbocycles. The number of benzene rings is 1. The van der Waals surface area contributed by atoms with Crippen molar-refractivity contribution in [3.8, 4) is 11.5 Å². The second-order valence-electron chi connectivity index (χ2n) is 5.31. The average Bonchev–Trinajstić information content (AvgIpc) is 2.48. The van der Waals surface area contributed by atoms with Crippen LogP contribution in [0.2, 0.25) is 0 Å². The third-order valence-electron chi connectivity index (χ3n) is 3.76. The monoisotopic (exact) mass is 295 g/mol. The van der Waals surface area contributed by atoms with Gasteiger partial charge in [-0.1, -0.05) is 19.1 Å². The van der Waals surface area contributed by atoms with E-state index in [0.29, 0.717) is 18.6 Å². The molecule has 1 aliphatic heterocycles. The lowest BCUT2D eigenvalue weighted by atomic mass is 9.96. The third-order valence-corrected chi connectivity index (χ3v) is 4.94. The van der Waals surface area contributed by atoms with E-state index in [9.17, 15) is 0 Å². The fourth-order valence-electron chi connectivity index (χ4n) is 2.62. The van der Waals surface area contributed by atoms with Crippen LogP contribution in [-0.2, 0) is 0 Å². The van der Waals surface area contributed by atoms with Crippen LogP contribution in [0.15, 0.2) is 18.2 Å². The average molecular weight is 295 g/mol. The highest BCUT2D eigenvalue weighted by molar-refractivity contribution is 7.99. The third kappa shape index (κ3) is 3.83. The van der Waals surface area contributed by atoms with Crippen molar-refractivity contribution < 1.29 is 9.47 Å². The van der Waals surface area contributed by atoms with Gasteiger partial charge in [-0.15, -0.1) is 0 Å². The molecule has 3 nitrogen and oxygen atoms in total. The number of nitrogens with two attached hydrogens (primary N) is 1. The highest BCUT2D eigenvalue weighted by atomic mass is 32.2. The normalized spacial score (nSPS) is 20.4. The van der Waals surface area contributed by atoms with Crippen LogP contribution >= 0.6 is 11.8 Å².